The molecule has 0 heterocycles. The summed E-state index contributed by atoms with van der Waals surface area (Å²) in [6.07, 6.45) is 0. The first-order valence-corrected chi connectivity index (χ1v) is 10.0. The molecule has 1 amide bonds. The third kappa shape index (κ3) is 5.37. The van der Waals surface area contributed by atoms with E-state index in [9.17, 15) is 13.2 Å². The van der Waals surface area contributed by atoms with Crippen molar-refractivity contribution in [3.63, 3.8) is 0 Å². The summed E-state index contributed by atoms with van der Waals surface area (Å²) in [6, 6.07) is 11.8. The van der Waals surface area contributed by atoms with Crippen LogP contribution < -0.4 is 14.2 Å². The molecule has 0 atom stereocenters. The minimum atomic E-state index is -3.34. The van der Waals surface area contributed by atoms with Gasteiger partial charge in [0.05, 0.1) is 20.0 Å². The van der Waals surface area contributed by atoms with Crippen LogP contribution in [-0.2, 0) is 16.6 Å². The van der Waals surface area contributed by atoms with Crippen molar-refractivity contribution in [2.45, 2.75) is 13.5 Å². The van der Waals surface area contributed by atoms with Crippen LogP contribution in [0.1, 0.15) is 22.8 Å². The van der Waals surface area contributed by atoms with Crippen molar-refractivity contribution in [2.75, 3.05) is 31.7 Å². The number of nitrogens with zero attached hydrogens (tertiary/aromatic N) is 1. The molecule has 0 aliphatic heterocycles. The Morgan fingerprint density at radius 3 is 2.22 bits per heavy atom. The number of hydrogen-bond acceptors (Lipinski definition) is 5. The Hall–Kier alpha value is -2.74. The Kier molecular flexibility index (Phi) is 6.68. The normalized spacial score (nSPS) is 11.0. The van der Waals surface area contributed by atoms with Crippen LogP contribution in [0.15, 0.2) is 42.5 Å². The van der Waals surface area contributed by atoms with E-state index in [0.717, 1.165) is 5.56 Å². The van der Waals surface area contributed by atoms with Crippen molar-refractivity contribution >= 4 is 21.6 Å². The van der Waals surface area contributed by atoms with Crippen LogP contribution in [0, 0.1) is 0 Å². The summed E-state index contributed by atoms with van der Waals surface area (Å²) in [7, 11) is 1.49. The number of nitrogens with one attached hydrogen (secondary N) is 1. The molecular weight excluding hydrogens is 368 g/mol. The molecule has 1 N–H and O–H groups in total. The fourth-order valence-corrected chi connectivity index (χ4v) is 3.12. The van der Waals surface area contributed by atoms with E-state index < -0.39 is 10.0 Å². The minimum absolute atomic E-state index is 0.0122. The summed E-state index contributed by atoms with van der Waals surface area (Å²) in [4.78, 5) is 14.2. The van der Waals surface area contributed by atoms with Crippen molar-refractivity contribution in [3.05, 3.63) is 53.6 Å². The highest BCUT2D eigenvalue weighted by atomic mass is 32.2. The van der Waals surface area contributed by atoms with Gasteiger partial charge in [0.25, 0.3) is 5.91 Å². The first-order valence-electron chi connectivity index (χ1n) is 8.36. The third-order valence-electron chi connectivity index (χ3n) is 4.00. The number of hydrogen-bond donors (Lipinski definition) is 1. The van der Waals surface area contributed by atoms with Gasteiger partial charge in [0, 0.05) is 24.8 Å². The molecule has 146 valence electrons. The number of carbonyl (C=O) groups excluding carboxylic acids is 1. The second-order valence-electron chi connectivity index (χ2n) is 5.93. The van der Waals surface area contributed by atoms with Gasteiger partial charge in [-0.2, -0.15) is 0 Å². The van der Waals surface area contributed by atoms with Gasteiger partial charge in [-0.25, -0.2) is 8.42 Å². The Bertz CT molecular complexity index is 895. The van der Waals surface area contributed by atoms with Crippen LogP contribution in [0.5, 0.6) is 11.5 Å². The van der Waals surface area contributed by atoms with E-state index in [4.69, 9.17) is 9.47 Å². The maximum absolute atomic E-state index is 12.6. The second kappa shape index (κ2) is 8.77. The molecule has 0 fully saturated rings. The fourth-order valence-electron chi connectivity index (χ4n) is 2.48. The predicted octanol–water partition coefficient (Wildman–Crippen LogP) is 2.74. The van der Waals surface area contributed by atoms with Gasteiger partial charge >= 0.3 is 0 Å². The average Bonchev–Trinajstić information content (AvgIpc) is 2.67. The number of benzene rings is 2. The van der Waals surface area contributed by atoms with E-state index in [-0.39, 0.29) is 11.7 Å². The van der Waals surface area contributed by atoms with Crippen molar-refractivity contribution in [1.29, 1.82) is 0 Å². The second-order valence-corrected chi connectivity index (χ2v) is 7.94. The quantitative estimate of drug-likeness (QED) is 0.747. The van der Waals surface area contributed by atoms with Gasteiger partial charge in [-0.05, 0) is 48.9 Å². The third-order valence-corrected chi connectivity index (χ3v) is 5.31. The molecule has 0 unspecified atom stereocenters. The van der Waals surface area contributed by atoms with E-state index in [1.54, 1.807) is 63.4 Å². The molecule has 27 heavy (non-hydrogen) atoms. The molecule has 2 aromatic rings. The lowest BCUT2D eigenvalue weighted by Crippen LogP contribution is -2.26. The molecule has 0 saturated heterocycles. The van der Waals surface area contributed by atoms with Gasteiger partial charge < -0.3 is 14.4 Å². The lowest BCUT2D eigenvalue weighted by atomic mass is 10.1. The van der Waals surface area contributed by atoms with E-state index in [0.29, 0.717) is 29.3 Å². The number of ether oxygens (including phenoxy) is 2. The summed E-state index contributed by atoms with van der Waals surface area (Å²) < 4.78 is 36.1. The van der Waals surface area contributed by atoms with Crippen LogP contribution in [-0.4, -0.2) is 46.2 Å². The SMILES string of the molecule is CCS(=O)(=O)Nc1ccc(C(=O)N(C)Cc2ccc(OC)c(OC)c2)cc1. The minimum Gasteiger partial charge on any atom is -0.493 e. The Labute approximate surface area is 160 Å². The van der Waals surface area contributed by atoms with E-state index in [1.165, 1.54) is 0 Å². The van der Waals surface area contributed by atoms with Crippen LogP contribution in [0.3, 0.4) is 0 Å². The van der Waals surface area contributed by atoms with E-state index in [2.05, 4.69) is 4.72 Å². The number of methoxy groups -OCH3 is 2. The molecule has 8 heteroatoms. The topological polar surface area (TPSA) is 84.9 Å². The molecule has 2 aromatic carbocycles. The average molecular weight is 392 g/mol. The molecule has 0 bridgehead atoms. The van der Waals surface area contributed by atoms with Gasteiger partial charge in [0.1, 0.15) is 0 Å². The van der Waals surface area contributed by atoms with Gasteiger partial charge in [0.2, 0.25) is 10.0 Å². The lowest BCUT2D eigenvalue weighted by Gasteiger charge is -2.18. The summed E-state index contributed by atoms with van der Waals surface area (Å²) in [5.74, 6) is 1.04. The standard InChI is InChI=1S/C19H24N2O5S/c1-5-27(23,24)20-16-9-7-15(8-10-16)19(22)21(2)13-14-6-11-17(25-3)18(12-14)26-4/h6-12,20H,5,13H2,1-4H3. The smallest absolute Gasteiger partial charge is 0.253 e. The molecule has 0 aliphatic rings. The highest BCUT2D eigenvalue weighted by molar-refractivity contribution is 7.92. The van der Waals surface area contributed by atoms with Gasteiger partial charge in [-0.1, -0.05) is 6.07 Å². The highest BCUT2D eigenvalue weighted by Gasteiger charge is 2.14. The lowest BCUT2D eigenvalue weighted by molar-refractivity contribution is 0.0785. The highest BCUT2D eigenvalue weighted by Crippen LogP contribution is 2.28. The number of rotatable bonds is 8. The van der Waals surface area contributed by atoms with Gasteiger partial charge in [0.15, 0.2) is 11.5 Å². The largest absolute Gasteiger partial charge is 0.493 e. The van der Waals surface area contributed by atoms with Crippen LogP contribution in [0.25, 0.3) is 0 Å². The molecule has 0 radical (unpaired) electrons. The molecule has 0 aliphatic carbocycles. The number of sulfonamides is 1. The number of amides is 1. The summed E-state index contributed by atoms with van der Waals surface area (Å²) in [5, 5.41) is 0. The van der Waals surface area contributed by atoms with E-state index in [1.807, 2.05) is 12.1 Å². The zero-order valence-electron chi connectivity index (χ0n) is 15.9. The monoisotopic (exact) mass is 392 g/mol. The molecule has 0 spiro atoms. The van der Waals surface area contributed by atoms with Crippen molar-refractivity contribution in [1.82, 2.24) is 4.90 Å². The summed E-state index contributed by atoms with van der Waals surface area (Å²) >= 11 is 0. The van der Waals surface area contributed by atoms with Crippen LogP contribution >= 0.6 is 0 Å². The zero-order chi connectivity index (χ0) is 20.0. The Morgan fingerprint density at radius 2 is 1.67 bits per heavy atom. The molecular formula is C19H24N2O5S. The van der Waals surface area contributed by atoms with Gasteiger partial charge in [-0.15, -0.1) is 0 Å². The van der Waals surface area contributed by atoms with E-state index >= 15 is 0 Å². The first kappa shape index (κ1) is 20.6. The first-order chi connectivity index (χ1) is 12.8. The fraction of sp³-hybridized carbons (Fsp3) is 0.316. The predicted molar refractivity (Wildman–Crippen MR) is 105 cm³/mol. The summed E-state index contributed by atoms with van der Waals surface area (Å²) in [6.45, 7) is 1.95. The van der Waals surface area contributed by atoms with Gasteiger partial charge in [-0.3, -0.25) is 9.52 Å². The molecule has 7 nitrogen and oxygen atoms in total. The Morgan fingerprint density at radius 1 is 1.04 bits per heavy atom. The molecule has 0 aromatic heterocycles. The van der Waals surface area contributed by atoms with Crippen LogP contribution in [0.2, 0.25) is 0 Å². The van der Waals surface area contributed by atoms with Crippen molar-refractivity contribution < 1.29 is 22.7 Å². The number of carbonyl (C=O) groups is 1. The Balaban J connectivity index is 2.09. The summed E-state index contributed by atoms with van der Waals surface area (Å²) in [5.41, 5.74) is 1.80. The molecule has 2 rings (SSSR count). The van der Waals surface area contributed by atoms with Crippen molar-refractivity contribution in [2.24, 2.45) is 0 Å². The van der Waals surface area contributed by atoms with Crippen molar-refractivity contribution in [3.8, 4) is 11.5 Å². The van der Waals surface area contributed by atoms with Crippen LogP contribution in [0.4, 0.5) is 5.69 Å². The zero-order valence-corrected chi connectivity index (χ0v) is 16.7. The maximum Gasteiger partial charge on any atom is 0.253 e. The maximum atomic E-state index is 12.6. The molecule has 0 saturated carbocycles. The number of anilines is 1.